The van der Waals surface area contributed by atoms with Gasteiger partial charge in [-0.2, -0.15) is 0 Å². The summed E-state index contributed by atoms with van der Waals surface area (Å²) < 4.78 is 8.18. The lowest BCUT2D eigenvalue weighted by Crippen LogP contribution is -2.46. The van der Waals surface area contributed by atoms with E-state index < -0.39 is 0 Å². The zero-order chi connectivity index (χ0) is 24.9. The molecule has 2 aromatic carbocycles. The molecule has 9 nitrogen and oxygen atoms in total. The van der Waals surface area contributed by atoms with Crippen molar-refractivity contribution in [3.8, 4) is 11.1 Å². The van der Waals surface area contributed by atoms with E-state index in [2.05, 4.69) is 78.6 Å². The van der Waals surface area contributed by atoms with E-state index in [1.807, 2.05) is 24.7 Å². The zero-order valence-corrected chi connectivity index (χ0v) is 20.8. The maximum Gasteiger partial charge on any atom is 0.167 e. The summed E-state index contributed by atoms with van der Waals surface area (Å²) in [4.78, 5) is 17.9. The number of nitrogens with zero attached hydrogens (tertiary/aromatic N) is 6. The predicted octanol–water partition coefficient (Wildman–Crippen LogP) is 2.86. The summed E-state index contributed by atoms with van der Waals surface area (Å²) in [5, 5.41) is 13.3. The topological polar surface area (TPSA) is 91.6 Å². The molecule has 188 valence electrons. The van der Waals surface area contributed by atoms with E-state index in [4.69, 9.17) is 4.74 Å². The molecule has 2 atom stereocenters. The van der Waals surface area contributed by atoms with Crippen LogP contribution in [-0.2, 0) is 11.3 Å². The third-order valence-corrected chi connectivity index (χ3v) is 6.42. The first-order chi connectivity index (χ1) is 17.6. The Labute approximate surface area is 211 Å². The van der Waals surface area contributed by atoms with Gasteiger partial charge in [0, 0.05) is 32.7 Å². The standard InChI is InChI=1S/C27H33N7O2/c1-32(2)13-12-28-26-25-27(30-18-29-26)34(19-31-25)24-16-33(15-23(17-35)36-24)14-20-8-10-22(11-9-20)21-6-4-3-5-7-21/h3-11,18-19,23-24,35H,12-17H2,1-2H3,(H,28,29,30)/t23-,24+/m0/s1. The molecule has 1 saturated heterocycles. The van der Waals surface area contributed by atoms with Gasteiger partial charge in [-0.25, -0.2) is 15.0 Å². The number of aliphatic hydroxyl groups excluding tert-OH is 1. The lowest BCUT2D eigenvalue weighted by atomic mass is 10.0. The number of nitrogens with one attached hydrogen (secondary N) is 1. The molecule has 1 aliphatic rings. The molecule has 2 N–H and O–H groups in total. The van der Waals surface area contributed by atoms with Gasteiger partial charge in [-0.3, -0.25) is 9.47 Å². The lowest BCUT2D eigenvalue weighted by Gasteiger charge is -2.38. The molecule has 1 fully saturated rings. The van der Waals surface area contributed by atoms with Crippen LogP contribution in [0.2, 0.25) is 0 Å². The van der Waals surface area contributed by atoms with Crippen molar-refractivity contribution in [2.24, 2.45) is 0 Å². The summed E-state index contributed by atoms with van der Waals surface area (Å²) in [6.45, 7) is 3.69. The molecule has 0 spiro atoms. The van der Waals surface area contributed by atoms with Gasteiger partial charge < -0.3 is 20.1 Å². The number of benzene rings is 2. The van der Waals surface area contributed by atoms with Gasteiger partial charge in [-0.05, 0) is 30.8 Å². The van der Waals surface area contributed by atoms with Gasteiger partial charge in [0.15, 0.2) is 17.0 Å². The quantitative estimate of drug-likeness (QED) is 0.373. The number of hydrogen-bond donors (Lipinski definition) is 2. The zero-order valence-electron chi connectivity index (χ0n) is 20.8. The number of imidazole rings is 1. The lowest BCUT2D eigenvalue weighted by molar-refractivity contribution is -0.135. The molecule has 9 heteroatoms. The average molecular weight is 488 g/mol. The number of aliphatic hydroxyl groups is 1. The summed E-state index contributed by atoms with van der Waals surface area (Å²) in [6, 6.07) is 19.1. The van der Waals surface area contributed by atoms with Crippen molar-refractivity contribution in [1.29, 1.82) is 0 Å². The Morgan fingerprint density at radius 2 is 1.78 bits per heavy atom. The number of aromatic nitrogens is 4. The van der Waals surface area contributed by atoms with E-state index >= 15 is 0 Å². The van der Waals surface area contributed by atoms with Gasteiger partial charge in [0.05, 0.1) is 19.0 Å². The molecule has 2 aromatic heterocycles. The number of likely N-dealkylation sites (N-methyl/N-ethyl adjacent to an activating group) is 1. The molecule has 0 radical (unpaired) electrons. The van der Waals surface area contributed by atoms with Crippen LogP contribution in [0.15, 0.2) is 67.3 Å². The Kier molecular flexibility index (Phi) is 7.52. The first-order valence-electron chi connectivity index (χ1n) is 12.3. The molecule has 5 rings (SSSR count). The second kappa shape index (κ2) is 11.1. The van der Waals surface area contributed by atoms with E-state index in [0.717, 1.165) is 19.6 Å². The minimum absolute atomic E-state index is 0.0428. The molecule has 36 heavy (non-hydrogen) atoms. The highest BCUT2D eigenvalue weighted by Crippen LogP contribution is 2.27. The first-order valence-corrected chi connectivity index (χ1v) is 12.3. The molecule has 0 unspecified atom stereocenters. The summed E-state index contributed by atoms with van der Waals surface area (Å²) in [5.41, 5.74) is 5.06. The smallest absolute Gasteiger partial charge is 0.167 e. The van der Waals surface area contributed by atoms with Crippen LogP contribution in [0.3, 0.4) is 0 Å². The second-order valence-corrected chi connectivity index (χ2v) is 9.43. The van der Waals surface area contributed by atoms with Crippen LogP contribution in [0.4, 0.5) is 5.82 Å². The fourth-order valence-corrected chi connectivity index (χ4v) is 4.56. The molecule has 3 heterocycles. The van der Waals surface area contributed by atoms with E-state index in [-0.39, 0.29) is 18.9 Å². The summed E-state index contributed by atoms with van der Waals surface area (Å²) >= 11 is 0. The van der Waals surface area contributed by atoms with Gasteiger partial charge in [-0.1, -0.05) is 54.6 Å². The average Bonchev–Trinajstić information content (AvgIpc) is 3.34. The highest BCUT2D eigenvalue weighted by atomic mass is 16.5. The van der Waals surface area contributed by atoms with Crippen molar-refractivity contribution in [1.82, 2.24) is 29.3 Å². The van der Waals surface area contributed by atoms with E-state index in [1.165, 1.54) is 16.7 Å². The highest BCUT2D eigenvalue weighted by Gasteiger charge is 2.30. The van der Waals surface area contributed by atoms with E-state index in [0.29, 0.717) is 30.1 Å². The maximum atomic E-state index is 9.94. The van der Waals surface area contributed by atoms with Crippen LogP contribution >= 0.6 is 0 Å². The number of morpholine rings is 1. The molecular weight excluding hydrogens is 454 g/mol. The first kappa shape index (κ1) is 24.3. The van der Waals surface area contributed by atoms with Gasteiger partial charge in [0.25, 0.3) is 0 Å². The van der Waals surface area contributed by atoms with Gasteiger partial charge in [0.2, 0.25) is 0 Å². The minimum Gasteiger partial charge on any atom is -0.394 e. The number of anilines is 1. The molecule has 4 aromatic rings. The molecular formula is C27H33N7O2. The van der Waals surface area contributed by atoms with Crippen molar-refractivity contribution in [3.05, 3.63) is 72.8 Å². The normalized spacial score (nSPS) is 18.7. The highest BCUT2D eigenvalue weighted by molar-refractivity contribution is 5.82. The van der Waals surface area contributed by atoms with Crippen LogP contribution in [-0.4, -0.2) is 87.4 Å². The Morgan fingerprint density at radius 3 is 2.53 bits per heavy atom. The molecule has 0 aliphatic carbocycles. The fourth-order valence-electron chi connectivity index (χ4n) is 4.56. The number of hydrogen-bond acceptors (Lipinski definition) is 8. The van der Waals surface area contributed by atoms with Crippen LogP contribution in [0.1, 0.15) is 11.8 Å². The largest absolute Gasteiger partial charge is 0.394 e. The molecule has 1 aliphatic heterocycles. The molecule has 0 saturated carbocycles. The van der Waals surface area contributed by atoms with Gasteiger partial charge in [0.1, 0.15) is 12.6 Å². The van der Waals surface area contributed by atoms with Crippen LogP contribution in [0.5, 0.6) is 0 Å². The van der Waals surface area contributed by atoms with Crippen molar-refractivity contribution < 1.29 is 9.84 Å². The SMILES string of the molecule is CN(C)CCNc1ncnc2c1ncn2[C@H]1CN(Cc2ccc(-c3ccccc3)cc2)C[C@@H](CO)O1. The van der Waals surface area contributed by atoms with E-state index in [9.17, 15) is 5.11 Å². The Hall–Kier alpha value is -3.37. The number of ether oxygens (including phenoxy) is 1. The fraction of sp³-hybridized carbons (Fsp3) is 0.370. The Bertz CT molecular complexity index is 1260. The van der Waals surface area contributed by atoms with Gasteiger partial charge in [-0.15, -0.1) is 0 Å². The number of rotatable bonds is 9. The monoisotopic (exact) mass is 487 g/mol. The third-order valence-electron chi connectivity index (χ3n) is 6.42. The third kappa shape index (κ3) is 5.55. The van der Waals surface area contributed by atoms with Crippen LogP contribution in [0.25, 0.3) is 22.3 Å². The van der Waals surface area contributed by atoms with Crippen LogP contribution in [0, 0.1) is 0 Å². The van der Waals surface area contributed by atoms with Crippen molar-refractivity contribution in [2.45, 2.75) is 18.9 Å². The summed E-state index contributed by atoms with van der Waals surface area (Å²) in [5.74, 6) is 0.713. The maximum absolute atomic E-state index is 9.94. The van der Waals surface area contributed by atoms with Gasteiger partial charge >= 0.3 is 0 Å². The Balaban J connectivity index is 1.31. The number of fused-ring (bicyclic) bond motifs is 1. The van der Waals surface area contributed by atoms with Crippen molar-refractivity contribution >= 4 is 17.0 Å². The summed E-state index contributed by atoms with van der Waals surface area (Å²) in [6.07, 6.45) is 2.71. The second-order valence-electron chi connectivity index (χ2n) is 9.43. The van der Waals surface area contributed by atoms with Crippen molar-refractivity contribution in [2.75, 3.05) is 52.2 Å². The molecule has 0 bridgehead atoms. The van der Waals surface area contributed by atoms with Crippen molar-refractivity contribution in [3.63, 3.8) is 0 Å². The Morgan fingerprint density at radius 1 is 1.00 bits per heavy atom. The minimum atomic E-state index is -0.311. The van der Waals surface area contributed by atoms with Crippen LogP contribution < -0.4 is 5.32 Å². The predicted molar refractivity (Wildman–Crippen MR) is 141 cm³/mol. The van der Waals surface area contributed by atoms with E-state index in [1.54, 1.807) is 12.7 Å². The summed E-state index contributed by atoms with van der Waals surface area (Å²) in [7, 11) is 4.07. The molecule has 0 amide bonds.